The first-order valence-electron chi connectivity index (χ1n) is 8.24. The number of hydrogen-bond donors (Lipinski definition) is 0. The van der Waals surface area contributed by atoms with E-state index >= 15 is 0 Å². The van der Waals surface area contributed by atoms with Gasteiger partial charge in [-0.15, -0.1) is 0 Å². The maximum atomic E-state index is 12.6. The van der Waals surface area contributed by atoms with Gasteiger partial charge in [-0.1, -0.05) is 17.7 Å². The third-order valence-electron chi connectivity index (χ3n) is 4.15. The molecule has 0 aliphatic carbocycles. The largest absolute Gasteiger partial charge is 0.465 e. The molecule has 1 heterocycles. The van der Waals surface area contributed by atoms with Crippen LogP contribution in [-0.2, 0) is 20.3 Å². The van der Waals surface area contributed by atoms with Crippen molar-refractivity contribution in [1.29, 1.82) is 0 Å². The molecule has 0 radical (unpaired) electrons. The van der Waals surface area contributed by atoms with Crippen molar-refractivity contribution < 1.29 is 22.4 Å². The SMILES string of the molecule is COC(=O)c1ccc(-c2nc(CS(=O)(=O)c3ccc(C)cc3)c(C)o2)cc1. The molecule has 0 atom stereocenters. The van der Waals surface area contributed by atoms with Crippen LogP contribution in [0.2, 0.25) is 0 Å². The fourth-order valence-corrected chi connectivity index (χ4v) is 3.91. The molecule has 0 unspecified atom stereocenters. The number of methoxy groups -OCH3 is 1. The van der Waals surface area contributed by atoms with Gasteiger partial charge in [-0.05, 0) is 50.2 Å². The fourth-order valence-electron chi connectivity index (χ4n) is 2.56. The van der Waals surface area contributed by atoms with Crippen LogP contribution in [0.25, 0.3) is 11.5 Å². The zero-order valence-electron chi connectivity index (χ0n) is 15.2. The van der Waals surface area contributed by atoms with E-state index in [1.165, 1.54) is 7.11 Å². The van der Waals surface area contributed by atoms with Crippen LogP contribution in [0.1, 0.15) is 27.4 Å². The first-order chi connectivity index (χ1) is 12.8. The minimum absolute atomic E-state index is 0.244. The van der Waals surface area contributed by atoms with E-state index in [0.717, 1.165) is 5.56 Å². The molecule has 6 nitrogen and oxygen atoms in total. The summed E-state index contributed by atoms with van der Waals surface area (Å²) < 4.78 is 35.6. The molecule has 0 N–H and O–H groups in total. The first-order valence-corrected chi connectivity index (χ1v) is 9.90. The van der Waals surface area contributed by atoms with E-state index in [9.17, 15) is 13.2 Å². The van der Waals surface area contributed by atoms with Gasteiger partial charge < -0.3 is 9.15 Å². The summed E-state index contributed by atoms with van der Waals surface area (Å²) in [7, 11) is -2.21. The Morgan fingerprint density at radius 2 is 1.67 bits per heavy atom. The molecule has 3 rings (SSSR count). The molecule has 0 amide bonds. The van der Waals surface area contributed by atoms with E-state index < -0.39 is 15.8 Å². The lowest BCUT2D eigenvalue weighted by Gasteiger charge is -2.03. The van der Waals surface area contributed by atoms with Gasteiger partial charge in [0.2, 0.25) is 5.89 Å². The summed E-state index contributed by atoms with van der Waals surface area (Å²) in [5.41, 5.74) is 2.41. The third-order valence-corrected chi connectivity index (χ3v) is 5.80. The van der Waals surface area contributed by atoms with Crippen molar-refractivity contribution >= 4 is 15.8 Å². The number of rotatable bonds is 5. The summed E-state index contributed by atoms with van der Waals surface area (Å²) in [5, 5.41) is 0. The quantitative estimate of drug-likeness (QED) is 0.622. The molecule has 140 valence electrons. The van der Waals surface area contributed by atoms with Gasteiger partial charge in [0.25, 0.3) is 0 Å². The first kappa shape index (κ1) is 18.8. The maximum absolute atomic E-state index is 12.6. The number of esters is 1. The van der Waals surface area contributed by atoms with Crippen LogP contribution in [0, 0.1) is 13.8 Å². The number of carbonyl (C=O) groups excluding carboxylic acids is 1. The van der Waals surface area contributed by atoms with Gasteiger partial charge in [-0.2, -0.15) is 0 Å². The highest BCUT2D eigenvalue weighted by atomic mass is 32.2. The molecule has 0 saturated carbocycles. The molecular formula is C20H19NO5S. The maximum Gasteiger partial charge on any atom is 0.337 e. The van der Waals surface area contributed by atoms with Gasteiger partial charge >= 0.3 is 5.97 Å². The van der Waals surface area contributed by atoms with Crippen molar-refractivity contribution in [2.45, 2.75) is 24.5 Å². The molecule has 0 spiro atoms. The van der Waals surface area contributed by atoms with Crippen LogP contribution < -0.4 is 0 Å². The van der Waals surface area contributed by atoms with Crippen LogP contribution in [0.5, 0.6) is 0 Å². The van der Waals surface area contributed by atoms with E-state index in [1.54, 1.807) is 55.5 Å². The zero-order chi connectivity index (χ0) is 19.6. The van der Waals surface area contributed by atoms with Gasteiger partial charge in [0, 0.05) is 5.56 Å². The molecule has 0 aliphatic rings. The summed E-state index contributed by atoms with van der Waals surface area (Å²) in [6, 6.07) is 13.3. The Balaban J connectivity index is 1.86. The van der Waals surface area contributed by atoms with Crippen LogP contribution in [0.4, 0.5) is 0 Å². The number of hydrogen-bond acceptors (Lipinski definition) is 6. The van der Waals surface area contributed by atoms with Crippen LogP contribution in [-0.4, -0.2) is 26.5 Å². The van der Waals surface area contributed by atoms with E-state index in [2.05, 4.69) is 9.72 Å². The Morgan fingerprint density at radius 1 is 1.04 bits per heavy atom. The van der Waals surface area contributed by atoms with E-state index in [-0.39, 0.29) is 10.6 Å². The van der Waals surface area contributed by atoms with E-state index in [4.69, 9.17) is 4.42 Å². The lowest BCUT2D eigenvalue weighted by Crippen LogP contribution is -2.06. The number of carbonyl (C=O) groups is 1. The van der Waals surface area contributed by atoms with Gasteiger partial charge in [0.1, 0.15) is 11.5 Å². The van der Waals surface area contributed by atoms with Crippen molar-refractivity contribution in [3.63, 3.8) is 0 Å². The summed E-state index contributed by atoms with van der Waals surface area (Å²) in [6.45, 7) is 3.58. The number of aromatic nitrogens is 1. The van der Waals surface area contributed by atoms with Gasteiger partial charge in [0.05, 0.1) is 23.3 Å². The lowest BCUT2D eigenvalue weighted by molar-refractivity contribution is 0.0600. The molecule has 7 heteroatoms. The molecule has 2 aromatic carbocycles. The Bertz CT molecular complexity index is 1060. The van der Waals surface area contributed by atoms with Crippen LogP contribution >= 0.6 is 0 Å². The highest BCUT2D eigenvalue weighted by molar-refractivity contribution is 7.90. The predicted octanol–water partition coefficient (Wildman–Crippen LogP) is 3.72. The van der Waals surface area contributed by atoms with Crippen molar-refractivity contribution in [3.05, 3.63) is 71.1 Å². The number of oxazole rings is 1. The highest BCUT2D eigenvalue weighted by Crippen LogP contribution is 2.25. The molecule has 0 fully saturated rings. The van der Waals surface area contributed by atoms with Gasteiger partial charge in [0.15, 0.2) is 9.84 Å². The van der Waals surface area contributed by atoms with Crippen LogP contribution in [0.3, 0.4) is 0 Å². The monoisotopic (exact) mass is 385 g/mol. The van der Waals surface area contributed by atoms with Crippen molar-refractivity contribution in [1.82, 2.24) is 4.98 Å². The lowest BCUT2D eigenvalue weighted by atomic mass is 10.1. The summed E-state index contributed by atoms with van der Waals surface area (Å²) in [6.07, 6.45) is 0. The smallest absolute Gasteiger partial charge is 0.337 e. The van der Waals surface area contributed by atoms with Gasteiger partial charge in [-0.25, -0.2) is 18.2 Å². The van der Waals surface area contributed by atoms with E-state index in [0.29, 0.717) is 28.5 Å². The zero-order valence-corrected chi connectivity index (χ0v) is 16.0. The number of ether oxygens (including phenoxy) is 1. The Hall–Kier alpha value is -2.93. The molecule has 3 aromatic rings. The minimum atomic E-state index is -3.53. The standard InChI is InChI=1S/C20H19NO5S/c1-13-4-10-17(11-5-13)27(23,24)12-18-14(2)26-19(21-18)15-6-8-16(9-7-15)20(22)25-3/h4-11H,12H2,1-3H3. The second-order valence-electron chi connectivity index (χ2n) is 6.16. The van der Waals surface area contributed by atoms with E-state index in [1.807, 2.05) is 6.92 Å². The average molecular weight is 385 g/mol. The minimum Gasteiger partial charge on any atom is -0.465 e. The molecule has 1 aromatic heterocycles. The molecular weight excluding hydrogens is 366 g/mol. The average Bonchev–Trinajstić information content (AvgIpc) is 3.01. The van der Waals surface area contributed by atoms with Crippen molar-refractivity contribution in [2.75, 3.05) is 7.11 Å². The van der Waals surface area contributed by atoms with Crippen molar-refractivity contribution in [3.8, 4) is 11.5 Å². The van der Waals surface area contributed by atoms with Crippen molar-refractivity contribution in [2.24, 2.45) is 0 Å². The third kappa shape index (κ3) is 4.09. The molecule has 0 bridgehead atoms. The second-order valence-corrected chi connectivity index (χ2v) is 8.15. The predicted molar refractivity (Wildman–Crippen MR) is 100 cm³/mol. The molecule has 0 aliphatic heterocycles. The Morgan fingerprint density at radius 3 is 2.26 bits per heavy atom. The Labute approximate surface area is 157 Å². The topological polar surface area (TPSA) is 86.5 Å². The summed E-state index contributed by atoms with van der Waals surface area (Å²) in [4.78, 5) is 16.1. The highest BCUT2D eigenvalue weighted by Gasteiger charge is 2.21. The Kier molecular flexibility index (Phi) is 5.14. The van der Waals surface area contributed by atoms with Crippen LogP contribution in [0.15, 0.2) is 57.8 Å². The normalized spacial score (nSPS) is 11.4. The number of benzene rings is 2. The fraction of sp³-hybridized carbons (Fsp3) is 0.200. The summed E-state index contributed by atoms with van der Waals surface area (Å²) >= 11 is 0. The second kappa shape index (κ2) is 7.36. The summed E-state index contributed by atoms with van der Waals surface area (Å²) in [5.74, 6) is 0.0665. The number of nitrogens with zero attached hydrogens (tertiary/aromatic N) is 1. The number of aryl methyl sites for hydroxylation is 2. The molecule has 27 heavy (non-hydrogen) atoms. The molecule has 0 saturated heterocycles. The number of sulfone groups is 1. The van der Waals surface area contributed by atoms with Gasteiger partial charge in [-0.3, -0.25) is 0 Å².